The number of benzene rings is 1. The highest BCUT2D eigenvalue weighted by Crippen LogP contribution is 2.27. The Morgan fingerprint density at radius 2 is 2.00 bits per heavy atom. The van der Waals surface area contributed by atoms with Gasteiger partial charge in [0.2, 0.25) is 0 Å². The fourth-order valence-electron chi connectivity index (χ4n) is 4.17. The minimum Gasteiger partial charge on any atom is -0.497 e. The lowest BCUT2D eigenvalue weighted by molar-refractivity contribution is -0.136. The predicted molar refractivity (Wildman–Crippen MR) is 129 cm³/mol. The summed E-state index contributed by atoms with van der Waals surface area (Å²) in [5.41, 5.74) is -0.265. The van der Waals surface area contributed by atoms with E-state index in [0.717, 1.165) is 19.3 Å². The van der Waals surface area contributed by atoms with Gasteiger partial charge in [0, 0.05) is 44.6 Å². The fourth-order valence-corrected chi connectivity index (χ4v) is 4.17. The molecule has 35 heavy (non-hydrogen) atoms. The van der Waals surface area contributed by atoms with Gasteiger partial charge in [0.05, 0.1) is 12.7 Å². The number of aromatic nitrogens is 1. The zero-order valence-electron chi connectivity index (χ0n) is 20.4. The summed E-state index contributed by atoms with van der Waals surface area (Å²) < 4.78 is 17.5. The molecule has 2 aromatic rings. The van der Waals surface area contributed by atoms with E-state index < -0.39 is 11.3 Å². The van der Waals surface area contributed by atoms with Crippen molar-refractivity contribution < 1.29 is 23.8 Å². The van der Waals surface area contributed by atoms with Crippen LogP contribution in [-0.2, 0) is 16.1 Å². The standard InChI is InChI=1S/C26H31N3O6/c1-18-7-4-5-11-29(18)24(30)17-35-23-9-8-21(34-3)14-22(23)25(31)20-13-19(15-27)26(32)28(16-20)10-6-12-33-2/h8-9,13-14,16,18H,4-7,10-12,17H2,1-3H3/t18-/m0/s1. The largest absolute Gasteiger partial charge is 0.497 e. The van der Waals surface area contributed by atoms with Crippen LogP contribution in [0.3, 0.4) is 0 Å². The van der Waals surface area contributed by atoms with Crippen LogP contribution in [0.15, 0.2) is 35.3 Å². The Bertz CT molecular complexity index is 1170. The van der Waals surface area contributed by atoms with Gasteiger partial charge in [0.15, 0.2) is 12.4 Å². The molecule has 0 radical (unpaired) electrons. The second-order valence-electron chi connectivity index (χ2n) is 8.51. The van der Waals surface area contributed by atoms with Gasteiger partial charge < -0.3 is 23.7 Å². The molecule has 1 aromatic heterocycles. The van der Waals surface area contributed by atoms with Gasteiger partial charge >= 0.3 is 0 Å². The first kappa shape index (κ1) is 26.0. The van der Waals surface area contributed by atoms with Crippen molar-refractivity contribution in [2.45, 2.75) is 45.2 Å². The molecule has 1 saturated heterocycles. The van der Waals surface area contributed by atoms with Crippen LogP contribution in [0.4, 0.5) is 0 Å². The first-order chi connectivity index (χ1) is 16.9. The lowest BCUT2D eigenvalue weighted by Gasteiger charge is -2.33. The van der Waals surface area contributed by atoms with Crippen molar-refractivity contribution in [3.8, 4) is 17.6 Å². The van der Waals surface area contributed by atoms with Crippen molar-refractivity contribution in [1.82, 2.24) is 9.47 Å². The number of amides is 1. The Morgan fingerprint density at radius 1 is 1.20 bits per heavy atom. The maximum Gasteiger partial charge on any atom is 0.268 e. The van der Waals surface area contributed by atoms with Crippen LogP contribution in [-0.4, -0.2) is 61.2 Å². The molecule has 1 aliphatic rings. The average Bonchev–Trinajstić information content (AvgIpc) is 2.88. The highest BCUT2D eigenvalue weighted by Gasteiger charge is 2.25. The van der Waals surface area contributed by atoms with Gasteiger partial charge in [0.1, 0.15) is 23.1 Å². The van der Waals surface area contributed by atoms with Crippen LogP contribution in [0.5, 0.6) is 11.5 Å². The number of carbonyl (C=O) groups is 2. The molecule has 0 unspecified atom stereocenters. The first-order valence-electron chi connectivity index (χ1n) is 11.7. The third kappa shape index (κ3) is 6.28. The molecule has 1 aliphatic heterocycles. The Labute approximate surface area is 204 Å². The molecule has 0 bridgehead atoms. The molecular formula is C26H31N3O6. The smallest absolute Gasteiger partial charge is 0.268 e. The number of ketones is 1. The minimum atomic E-state index is -0.469. The highest BCUT2D eigenvalue weighted by atomic mass is 16.5. The summed E-state index contributed by atoms with van der Waals surface area (Å²) in [5, 5.41) is 9.43. The van der Waals surface area contributed by atoms with Crippen LogP contribution < -0.4 is 15.0 Å². The Balaban J connectivity index is 1.90. The van der Waals surface area contributed by atoms with Gasteiger partial charge in [-0.1, -0.05) is 0 Å². The number of piperidine rings is 1. The average molecular weight is 482 g/mol. The molecule has 9 heteroatoms. The maximum atomic E-state index is 13.5. The molecule has 1 fully saturated rings. The molecule has 0 N–H and O–H groups in total. The summed E-state index contributed by atoms with van der Waals surface area (Å²) in [5.74, 6) is 0.0783. The fraction of sp³-hybridized carbons (Fsp3) is 0.462. The van der Waals surface area contributed by atoms with Gasteiger partial charge in [-0.15, -0.1) is 0 Å². The van der Waals surface area contributed by atoms with E-state index in [1.54, 1.807) is 19.2 Å². The van der Waals surface area contributed by atoms with E-state index in [4.69, 9.17) is 14.2 Å². The Kier molecular flexibility index (Phi) is 9.04. The number of ether oxygens (including phenoxy) is 3. The zero-order chi connectivity index (χ0) is 25.4. The maximum absolute atomic E-state index is 13.5. The van der Waals surface area contributed by atoms with Crippen LogP contribution in [0.25, 0.3) is 0 Å². The molecule has 3 rings (SSSR count). The molecule has 2 heterocycles. The number of methoxy groups -OCH3 is 2. The minimum absolute atomic E-state index is 0.132. The number of hydrogen-bond donors (Lipinski definition) is 0. The van der Waals surface area contributed by atoms with Gasteiger partial charge in [-0.3, -0.25) is 14.4 Å². The van der Waals surface area contributed by atoms with E-state index in [2.05, 4.69) is 0 Å². The van der Waals surface area contributed by atoms with Crippen molar-refractivity contribution in [2.24, 2.45) is 0 Å². The summed E-state index contributed by atoms with van der Waals surface area (Å²) in [6.07, 6.45) is 5.00. The summed E-state index contributed by atoms with van der Waals surface area (Å²) in [7, 11) is 3.04. The van der Waals surface area contributed by atoms with E-state index in [1.165, 1.54) is 30.0 Å². The number of likely N-dealkylation sites (tertiary alicyclic amines) is 1. The second kappa shape index (κ2) is 12.2. The van der Waals surface area contributed by atoms with E-state index in [9.17, 15) is 19.6 Å². The predicted octanol–water partition coefficient (Wildman–Crippen LogP) is 2.78. The van der Waals surface area contributed by atoms with Crippen molar-refractivity contribution in [1.29, 1.82) is 5.26 Å². The van der Waals surface area contributed by atoms with Gasteiger partial charge in [-0.05, 0) is 56.9 Å². The van der Waals surface area contributed by atoms with Crippen molar-refractivity contribution in [3.05, 3.63) is 57.5 Å². The third-order valence-corrected chi connectivity index (χ3v) is 6.12. The van der Waals surface area contributed by atoms with Gasteiger partial charge in [-0.25, -0.2) is 0 Å². The van der Waals surface area contributed by atoms with E-state index in [1.807, 2.05) is 17.9 Å². The Morgan fingerprint density at radius 3 is 2.69 bits per heavy atom. The molecule has 1 atom stereocenters. The van der Waals surface area contributed by atoms with Gasteiger partial charge in [0.25, 0.3) is 11.5 Å². The van der Waals surface area contributed by atoms with E-state index in [0.29, 0.717) is 31.9 Å². The summed E-state index contributed by atoms with van der Waals surface area (Å²) in [6.45, 7) is 3.25. The molecular weight excluding hydrogens is 450 g/mol. The van der Waals surface area contributed by atoms with Crippen molar-refractivity contribution in [2.75, 3.05) is 34.0 Å². The monoisotopic (exact) mass is 481 g/mol. The van der Waals surface area contributed by atoms with E-state index in [-0.39, 0.29) is 41.0 Å². The number of pyridine rings is 1. The van der Waals surface area contributed by atoms with Crippen molar-refractivity contribution >= 4 is 11.7 Å². The quantitative estimate of drug-likeness (QED) is 0.379. The highest BCUT2D eigenvalue weighted by molar-refractivity contribution is 6.11. The summed E-state index contributed by atoms with van der Waals surface area (Å²) in [6, 6.07) is 8.05. The summed E-state index contributed by atoms with van der Waals surface area (Å²) >= 11 is 0. The molecule has 1 amide bonds. The topological polar surface area (TPSA) is 111 Å². The number of aryl methyl sites for hydroxylation is 1. The Hall–Kier alpha value is -3.64. The second-order valence-corrected chi connectivity index (χ2v) is 8.51. The van der Waals surface area contributed by atoms with Crippen LogP contribution in [0, 0.1) is 11.3 Å². The number of rotatable bonds is 10. The van der Waals surface area contributed by atoms with Crippen LogP contribution >= 0.6 is 0 Å². The molecule has 9 nitrogen and oxygen atoms in total. The molecule has 1 aromatic carbocycles. The number of hydrogen-bond acceptors (Lipinski definition) is 7. The molecule has 0 aliphatic carbocycles. The SMILES string of the molecule is COCCCn1cc(C(=O)c2cc(OC)ccc2OCC(=O)N2CCCC[C@@H]2C)cc(C#N)c1=O. The number of carbonyl (C=O) groups excluding carboxylic acids is 2. The van der Waals surface area contributed by atoms with E-state index >= 15 is 0 Å². The number of nitrogens with zero attached hydrogens (tertiary/aromatic N) is 3. The lowest BCUT2D eigenvalue weighted by Crippen LogP contribution is -2.44. The first-order valence-corrected chi connectivity index (χ1v) is 11.7. The third-order valence-electron chi connectivity index (χ3n) is 6.12. The van der Waals surface area contributed by atoms with Gasteiger partial charge in [-0.2, -0.15) is 5.26 Å². The zero-order valence-corrected chi connectivity index (χ0v) is 20.4. The molecule has 0 spiro atoms. The molecule has 0 saturated carbocycles. The summed E-state index contributed by atoms with van der Waals surface area (Å²) in [4.78, 5) is 40.6. The lowest BCUT2D eigenvalue weighted by atomic mass is 10.0. The van der Waals surface area contributed by atoms with Crippen molar-refractivity contribution in [3.63, 3.8) is 0 Å². The van der Waals surface area contributed by atoms with Crippen LogP contribution in [0.2, 0.25) is 0 Å². The number of nitriles is 1. The molecule has 186 valence electrons. The normalized spacial score (nSPS) is 15.4. The van der Waals surface area contributed by atoms with Crippen LogP contribution in [0.1, 0.15) is 54.1 Å².